The van der Waals surface area contributed by atoms with E-state index in [-0.39, 0.29) is 11.7 Å². The summed E-state index contributed by atoms with van der Waals surface area (Å²) in [5, 5.41) is 1.24. The van der Waals surface area contributed by atoms with Crippen molar-refractivity contribution in [1.29, 1.82) is 0 Å². The average Bonchev–Trinajstić information content (AvgIpc) is 2.99. The molecular formula is C18H16Cl2FN3OS. The number of hydrogen-bond donors (Lipinski definition) is 0. The topological polar surface area (TPSA) is 36.4 Å². The normalized spacial score (nSPS) is 11.3. The monoisotopic (exact) mass is 411 g/mol. The number of carbonyl (C=O) groups is 1. The molecule has 26 heavy (non-hydrogen) atoms. The van der Waals surface area contributed by atoms with Gasteiger partial charge in [0.1, 0.15) is 5.82 Å². The summed E-state index contributed by atoms with van der Waals surface area (Å²) >= 11 is 13.5. The lowest BCUT2D eigenvalue weighted by Gasteiger charge is -2.22. The van der Waals surface area contributed by atoms with E-state index in [2.05, 4.69) is 4.98 Å². The van der Waals surface area contributed by atoms with Crippen LogP contribution in [0.2, 0.25) is 10.0 Å². The standard InChI is InChI=1S/C18H16Cl2FN3OS/c1-23(2)7-8-24(17(25)13-9-11(19)3-5-14(13)20)18-22-15-6-4-12(21)10-16(15)26-18/h3-6,9-10H,7-8H2,1-2H3. The molecule has 0 saturated heterocycles. The first-order valence-electron chi connectivity index (χ1n) is 7.83. The Morgan fingerprint density at radius 2 is 1.92 bits per heavy atom. The minimum atomic E-state index is -0.336. The summed E-state index contributed by atoms with van der Waals surface area (Å²) in [7, 11) is 3.84. The van der Waals surface area contributed by atoms with E-state index in [0.29, 0.717) is 44.0 Å². The Morgan fingerprint density at radius 1 is 1.15 bits per heavy atom. The molecule has 0 fully saturated rings. The van der Waals surface area contributed by atoms with Crippen LogP contribution in [0, 0.1) is 5.82 Å². The van der Waals surface area contributed by atoms with Crippen LogP contribution in [-0.2, 0) is 0 Å². The maximum absolute atomic E-state index is 13.5. The molecule has 0 bridgehead atoms. The van der Waals surface area contributed by atoms with E-state index in [1.165, 1.54) is 23.5 Å². The SMILES string of the molecule is CN(C)CCN(C(=O)c1cc(Cl)ccc1Cl)c1nc2ccc(F)cc2s1. The molecule has 0 saturated carbocycles. The summed E-state index contributed by atoms with van der Waals surface area (Å²) in [5.74, 6) is -0.629. The van der Waals surface area contributed by atoms with Crippen molar-refractivity contribution in [2.24, 2.45) is 0 Å². The van der Waals surface area contributed by atoms with Gasteiger partial charge in [-0.3, -0.25) is 9.69 Å². The fourth-order valence-electron chi connectivity index (χ4n) is 2.39. The highest BCUT2D eigenvalue weighted by Gasteiger charge is 2.23. The Bertz CT molecular complexity index is 961. The maximum Gasteiger partial charge on any atom is 0.261 e. The highest BCUT2D eigenvalue weighted by molar-refractivity contribution is 7.22. The smallest absolute Gasteiger partial charge is 0.261 e. The number of likely N-dealkylation sites (N-methyl/N-ethyl adjacent to an activating group) is 1. The van der Waals surface area contributed by atoms with E-state index in [9.17, 15) is 9.18 Å². The summed E-state index contributed by atoms with van der Waals surface area (Å²) in [6.07, 6.45) is 0. The third-order valence-corrected chi connectivity index (χ3v) is 5.35. The Balaban J connectivity index is 2.03. The Hall–Kier alpha value is -1.73. The molecule has 3 rings (SSSR count). The molecule has 1 aromatic heterocycles. The fraction of sp³-hybridized carbons (Fsp3) is 0.222. The van der Waals surface area contributed by atoms with Crippen molar-refractivity contribution in [3.63, 3.8) is 0 Å². The van der Waals surface area contributed by atoms with Gasteiger partial charge >= 0.3 is 0 Å². The highest BCUT2D eigenvalue weighted by Crippen LogP contribution is 2.31. The van der Waals surface area contributed by atoms with Gasteiger partial charge in [0.25, 0.3) is 5.91 Å². The van der Waals surface area contributed by atoms with Crippen LogP contribution in [0.5, 0.6) is 0 Å². The number of hydrogen-bond acceptors (Lipinski definition) is 4. The zero-order chi connectivity index (χ0) is 18.8. The van der Waals surface area contributed by atoms with Crippen molar-refractivity contribution < 1.29 is 9.18 Å². The molecule has 0 aliphatic carbocycles. The molecule has 0 radical (unpaired) electrons. The van der Waals surface area contributed by atoms with E-state index < -0.39 is 0 Å². The van der Waals surface area contributed by atoms with E-state index in [0.717, 1.165) is 0 Å². The lowest BCUT2D eigenvalue weighted by molar-refractivity contribution is 0.0985. The van der Waals surface area contributed by atoms with Gasteiger partial charge in [-0.15, -0.1) is 0 Å². The van der Waals surface area contributed by atoms with Gasteiger partial charge in [-0.05, 0) is 50.5 Å². The fourth-order valence-corrected chi connectivity index (χ4v) is 3.78. The van der Waals surface area contributed by atoms with Gasteiger partial charge in [-0.2, -0.15) is 0 Å². The largest absolute Gasteiger partial charge is 0.308 e. The summed E-state index contributed by atoms with van der Waals surface area (Å²) in [6, 6.07) is 9.14. The Labute approximate surface area is 164 Å². The third-order valence-electron chi connectivity index (χ3n) is 3.74. The van der Waals surface area contributed by atoms with Crippen molar-refractivity contribution >= 4 is 55.8 Å². The zero-order valence-corrected chi connectivity index (χ0v) is 16.5. The highest BCUT2D eigenvalue weighted by atomic mass is 35.5. The Morgan fingerprint density at radius 3 is 2.65 bits per heavy atom. The molecule has 4 nitrogen and oxygen atoms in total. The number of fused-ring (bicyclic) bond motifs is 1. The van der Waals surface area contributed by atoms with Crippen LogP contribution < -0.4 is 4.90 Å². The molecule has 136 valence electrons. The van der Waals surface area contributed by atoms with Gasteiger partial charge in [0.05, 0.1) is 20.8 Å². The molecule has 0 spiro atoms. The lowest BCUT2D eigenvalue weighted by atomic mass is 10.2. The molecule has 0 aliphatic rings. The number of aromatic nitrogens is 1. The second kappa shape index (κ2) is 7.88. The van der Waals surface area contributed by atoms with Gasteiger partial charge in [0, 0.05) is 18.1 Å². The van der Waals surface area contributed by atoms with Gasteiger partial charge < -0.3 is 4.90 Å². The van der Waals surface area contributed by atoms with Crippen LogP contribution in [-0.4, -0.2) is 43.0 Å². The maximum atomic E-state index is 13.5. The second-order valence-electron chi connectivity index (χ2n) is 5.99. The van der Waals surface area contributed by atoms with Crippen molar-refractivity contribution in [3.05, 3.63) is 57.8 Å². The van der Waals surface area contributed by atoms with Crippen molar-refractivity contribution in [2.45, 2.75) is 0 Å². The predicted octanol–water partition coefficient (Wildman–Crippen LogP) is 4.95. The first-order valence-corrected chi connectivity index (χ1v) is 9.40. The summed E-state index contributed by atoms with van der Waals surface area (Å²) in [4.78, 5) is 21.1. The van der Waals surface area contributed by atoms with Gasteiger partial charge in [-0.1, -0.05) is 34.5 Å². The third kappa shape index (κ3) is 4.15. The van der Waals surface area contributed by atoms with Gasteiger partial charge in [0.2, 0.25) is 0 Å². The number of carbonyl (C=O) groups excluding carboxylic acids is 1. The molecule has 0 atom stereocenters. The van der Waals surface area contributed by atoms with Crippen molar-refractivity contribution in [2.75, 3.05) is 32.1 Å². The number of halogens is 3. The first-order chi connectivity index (χ1) is 12.3. The number of thiazole rings is 1. The molecule has 0 unspecified atom stereocenters. The van der Waals surface area contributed by atoms with Gasteiger partial charge in [0.15, 0.2) is 5.13 Å². The van der Waals surface area contributed by atoms with Crippen LogP contribution in [0.25, 0.3) is 10.2 Å². The number of rotatable bonds is 5. The number of nitrogens with zero attached hydrogens (tertiary/aromatic N) is 3. The molecule has 3 aromatic rings. The van der Waals surface area contributed by atoms with E-state index in [1.54, 1.807) is 29.2 Å². The van der Waals surface area contributed by atoms with Crippen LogP contribution >= 0.6 is 34.5 Å². The zero-order valence-electron chi connectivity index (χ0n) is 14.2. The molecule has 0 N–H and O–H groups in total. The quantitative estimate of drug-likeness (QED) is 0.595. The lowest BCUT2D eigenvalue weighted by Crippen LogP contribution is -2.36. The molecule has 1 heterocycles. The van der Waals surface area contributed by atoms with E-state index in [4.69, 9.17) is 23.2 Å². The summed E-state index contributed by atoms with van der Waals surface area (Å²) in [6.45, 7) is 1.05. The minimum Gasteiger partial charge on any atom is -0.308 e. The summed E-state index contributed by atoms with van der Waals surface area (Å²) in [5.41, 5.74) is 0.953. The predicted molar refractivity (Wildman–Crippen MR) is 106 cm³/mol. The minimum absolute atomic E-state index is 0.293. The van der Waals surface area contributed by atoms with Crippen molar-refractivity contribution in [1.82, 2.24) is 9.88 Å². The Kier molecular flexibility index (Phi) is 5.77. The van der Waals surface area contributed by atoms with Crippen LogP contribution in [0.15, 0.2) is 36.4 Å². The van der Waals surface area contributed by atoms with Crippen LogP contribution in [0.1, 0.15) is 10.4 Å². The van der Waals surface area contributed by atoms with E-state index in [1.807, 2.05) is 19.0 Å². The molecule has 8 heteroatoms. The number of amides is 1. The van der Waals surface area contributed by atoms with Crippen LogP contribution in [0.4, 0.5) is 9.52 Å². The number of benzene rings is 2. The van der Waals surface area contributed by atoms with Gasteiger partial charge in [-0.25, -0.2) is 9.37 Å². The molecular weight excluding hydrogens is 396 g/mol. The van der Waals surface area contributed by atoms with Crippen LogP contribution in [0.3, 0.4) is 0 Å². The number of anilines is 1. The van der Waals surface area contributed by atoms with E-state index >= 15 is 0 Å². The molecule has 1 amide bonds. The second-order valence-corrected chi connectivity index (χ2v) is 7.85. The first kappa shape index (κ1) is 19.0. The summed E-state index contributed by atoms with van der Waals surface area (Å²) < 4.78 is 14.2. The molecule has 2 aromatic carbocycles. The average molecular weight is 412 g/mol. The van der Waals surface area contributed by atoms with Crippen molar-refractivity contribution in [3.8, 4) is 0 Å². The molecule has 0 aliphatic heterocycles.